The lowest BCUT2D eigenvalue weighted by Gasteiger charge is -2.38. The van der Waals surface area contributed by atoms with E-state index in [2.05, 4.69) is 47.3 Å². The van der Waals surface area contributed by atoms with Gasteiger partial charge in [-0.05, 0) is 49.9 Å². The molecule has 0 spiro atoms. The fourth-order valence-corrected chi connectivity index (χ4v) is 4.31. The second kappa shape index (κ2) is 8.89. The first-order valence-electron chi connectivity index (χ1n) is 8.47. The molecule has 0 saturated carbocycles. The van der Waals surface area contributed by atoms with Crippen LogP contribution in [0.1, 0.15) is 43.2 Å². The summed E-state index contributed by atoms with van der Waals surface area (Å²) >= 11 is 1.94. The van der Waals surface area contributed by atoms with Crippen molar-refractivity contribution in [2.75, 3.05) is 45.8 Å². The summed E-state index contributed by atoms with van der Waals surface area (Å²) in [7, 11) is 0. The summed E-state index contributed by atoms with van der Waals surface area (Å²) in [5.74, 6) is 0. The molecule has 1 atom stereocenters. The molecule has 0 radical (unpaired) electrons. The van der Waals surface area contributed by atoms with E-state index in [-0.39, 0.29) is 0 Å². The van der Waals surface area contributed by atoms with Gasteiger partial charge in [-0.3, -0.25) is 4.90 Å². The number of nitrogens with one attached hydrogen (secondary N) is 1. The smallest absolute Gasteiger partial charge is 0.0572 e. The molecule has 1 fully saturated rings. The molecule has 0 amide bonds. The predicted octanol–water partition coefficient (Wildman–Crippen LogP) is 3.12. The molecule has 2 rings (SSSR count). The van der Waals surface area contributed by atoms with Crippen molar-refractivity contribution in [2.45, 2.75) is 39.7 Å². The van der Waals surface area contributed by atoms with Crippen LogP contribution >= 0.6 is 11.3 Å². The van der Waals surface area contributed by atoms with Crippen molar-refractivity contribution in [3.63, 3.8) is 0 Å². The van der Waals surface area contributed by atoms with Crippen LogP contribution in [0.4, 0.5) is 0 Å². The predicted molar refractivity (Wildman–Crippen MR) is 93.3 cm³/mol. The maximum absolute atomic E-state index is 3.48. The summed E-state index contributed by atoms with van der Waals surface area (Å²) < 4.78 is 0. The molecule has 3 nitrogen and oxygen atoms in total. The third-order valence-electron chi connectivity index (χ3n) is 4.31. The van der Waals surface area contributed by atoms with E-state index < -0.39 is 0 Å². The Morgan fingerprint density at radius 2 is 1.90 bits per heavy atom. The monoisotopic (exact) mass is 309 g/mol. The number of hydrogen-bond acceptors (Lipinski definition) is 4. The highest BCUT2D eigenvalue weighted by molar-refractivity contribution is 7.10. The van der Waals surface area contributed by atoms with Gasteiger partial charge in [0, 0.05) is 37.6 Å². The number of thiophene rings is 1. The van der Waals surface area contributed by atoms with Crippen LogP contribution in [0.2, 0.25) is 0 Å². The lowest BCUT2D eigenvalue weighted by molar-refractivity contribution is 0.126. The van der Waals surface area contributed by atoms with Crippen LogP contribution in [-0.2, 0) is 0 Å². The van der Waals surface area contributed by atoms with E-state index in [0.29, 0.717) is 6.04 Å². The van der Waals surface area contributed by atoms with Crippen LogP contribution in [-0.4, -0.2) is 55.6 Å². The van der Waals surface area contributed by atoms with Gasteiger partial charge >= 0.3 is 0 Å². The summed E-state index contributed by atoms with van der Waals surface area (Å²) in [6.45, 7) is 15.1. The fourth-order valence-electron chi connectivity index (χ4n) is 3.26. The zero-order chi connectivity index (χ0) is 15.1. The minimum atomic E-state index is 0.574. The molecule has 0 bridgehead atoms. The Morgan fingerprint density at radius 1 is 1.24 bits per heavy atom. The molecule has 0 aliphatic carbocycles. The molecule has 4 heteroatoms. The van der Waals surface area contributed by atoms with Gasteiger partial charge < -0.3 is 10.2 Å². The third-order valence-corrected chi connectivity index (χ3v) is 5.43. The molecule has 120 valence electrons. The Kier molecular flexibility index (Phi) is 7.17. The summed E-state index contributed by atoms with van der Waals surface area (Å²) in [6, 6.07) is 2.85. The topological polar surface area (TPSA) is 18.5 Å². The van der Waals surface area contributed by atoms with E-state index in [0.717, 1.165) is 13.1 Å². The van der Waals surface area contributed by atoms with Crippen molar-refractivity contribution in [3.8, 4) is 0 Å². The van der Waals surface area contributed by atoms with Gasteiger partial charge in [0.1, 0.15) is 0 Å². The van der Waals surface area contributed by atoms with Crippen LogP contribution in [0.15, 0.2) is 11.4 Å². The first kappa shape index (κ1) is 16.9. The number of nitrogens with zero attached hydrogens (tertiary/aromatic N) is 2. The van der Waals surface area contributed by atoms with Gasteiger partial charge in [-0.15, -0.1) is 11.3 Å². The lowest BCUT2D eigenvalue weighted by Crippen LogP contribution is -2.48. The zero-order valence-electron chi connectivity index (χ0n) is 13.9. The number of aryl methyl sites for hydroxylation is 1. The maximum atomic E-state index is 3.48. The Morgan fingerprint density at radius 3 is 2.43 bits per heavy atom. The first-order valence-corrected chi connectivity index (χ1v) is 9.35. The second-order valence-corrected chi connectivity index (χ2v) is 7.02. The molecule has 1 aliphatic heterocycles. The average molecular weight is 310 g/mol. The average Bonchev–Trinajstić information content (AvgIpc) is 2.92. The van der Waals surface area contributed by atoms with Gasteiger partial charge in [-0.1, -0.05) is 13.8 Å². The molecule has 0 aromatic carbocycles. The largest absolute Gasteiger partial charge is 0.314 e. The SMILES string of the molecule is CCCN(CCC)CC(c1sccc1C)N1CCNCC1. The van der Waals surface area contributed by atoms with Gasteiger partial charge in [-0.25, -0.2) is 0 Å². The summed E-state index contributed by atoms with van der Waals surface area (Å²) in [5, 5.41) is 5.74. The molecule has 1 aromatic heterocycles. The van der Waals surface area contributed by atoms with Crippen molar-refractivity contribution in [1.82, 2.24) is 15.1 Å². The van der Waals surface area contributed by atoms with Gasteiger partial charge in [0.05, 0.1) is 6.04 Å². The van der Waals surface area contributed by atoms with E-state index in [1.165, 1.54) is 51.1 Å². The standard InChI is InChI=1S/C17H31N3S/c1-4-9-19(10-5-2)14-16(17-15(3)6-13-21-17)20-11-7-18-8-12-20/h6,13,16,18H,4-5,7-12,14H2,1-3H3. The highest BCUT2D eigenvalue weighted by Crippen LogP contribution is 2.30. The van der Waals surface area contributed by atoms with Crippen molar-refractivity contribution < 1.29 is 0 Å². The molecule has 1 saturated heterocycles. The molecular formula is C17H31N3S. The molecule has 2 heterocycles. The Balaban J connectivity index is 2.12. The van der Waals surface area contributed by atoms with Crippen LogP contribution in [0, 0.1) is 6.92 Å². The highest BCUT2D eigenvalue weighted by Gasteiger charge is 2.26. The van der Waals surface area contributed by atoms with E-state index in [1.54, 1.807) is 4.88 Å². The zero-order valence-corrected chi connectivity index (χ0v) is 14.7. The van der Waals surface area contributed by atoms with Crippen LogP contribution in [0.25, 0.3) is 0 Å². The van der Waals surface area contributed by atoms with E-state index in [9.17, 15) is 0 Å². The van der Waals surface area contributed by atoms with E-state index in [1.807, 2.05) is 11.3 Å². The summed E-state index contributed by atoms with van der Waals surface area (Å²) in [6.07, 6.45) is 2.50. The molecule has 1 N–H and O–H groups in total. The Hall–Kier alpha value is -0.420. The minimum Gasteiger partial charge on any atom is -0.314 e. The summed E-state index contributed by atoms with van der Waals surface area (Å²) in [4.78, 5) is 6.92. The first-order chi connectivity index (χ1) is 10.3. The van der Waals surface area contributed by atoms with Crippen LogP contribution in [0.3, 0.4) is 0 Å². The van der Waals surface area contributed by atoms with Crippen LogP contribution in [0.5, 0.6) is 0 Å². The summed E-state index contributed by atoms with van der Waals surface area (Å²) in [5.41, 5.74) is 1.47. The molecule has 1 aliphatic rings. The number of hydrogen-bond donors (Lipinski definition) is 1. The van der Waals surface area contributed by atoms with Gasteiger partial charge in [-0.2, -0.15) is 0 Å². The van der Waals surface area contributed by atoms with Crippen molar-refractivity contribution in [2.24, 2.45) is 0 Å². The van der Waals surface area contributed by atoms with Crippen LogP contribution < -0.4 is 5.32 Å². The number of rotatable bonds is 8. The van der Waals surface area contributed by atoms with Gasteiger partial charge in [0.2, 0.25) is 0 Å². The lowest BCUT2D eigenvalue weighted by atomic mass is 10.1. The molecule has 1 unspecified atom stereocenters. The molecular weight excluding hydrogens is 278 g/mol. The number of piperazine rings is 1. The quantitative estimate of drug-likeness (QED) is 0.796. The van der Waals surface area contributed by atoms with Gasteiger partial charge in [0.15, 0.2) is 0 Å². The van der Waals surface area contributed by atoms with Crippen molar-refractivity contribution in [1.29, 1.82) is 0 Å². The second-order valence-electron chi connectivity index (χ2n) is 6.07. The molecule has 1 aromatic rings. The Labute approximate surface area is 134 Å². The third kappa shape index (κ3) is 4.78. The maximum Gasteiger partial charge on any atom is 0.0572 e. The fraction of sp³-hybridized carbons (Fsp3) is 0.765. The van der Waals surface area contributed by atoms with Gasteiger partial charge in [0.25, 0.3) is 0 Å². The van der Waals surface area contributed by atoms with E-state index in [4.69, 9.17) is 0 Å². The van der Waals surface area contributed by atoms with Crippen molar-refractivity contribution >= 4 is 11.3 Å². The minimum absolute atomic E-state index is 0.574. The molecule has 21 heavy (non-hydrogen) atoms. The highest BCUT2D eigenvalue weighted by atomic mass is 32.1. The Bertz CT molecular complexity index is 392. The normalized spacial score (nSPS) is 18.3. The van der Waals surface area contributed by atoms with E-state index >= 15 is 0 Å². The van der Waals surface area contributed by atoms with Crippen molar-refractivity contribution in [3.05, 3.63) is 21.9 Å².